The van der Waals surface area contributed by atoms with Gasteiger partial charge in [0.2, 0.25) is 0 Å². The molecule has 0 spiro atoms. The van der Waals surface area contributed by atoms with Gasteiger partial charge in [0.25, 0.3) is 0 Å². The maximum atomic E-state index is 13.6. The first-order valence-electron chi connectivity index (χ1n) is 8.87. The fourth-order valence-electron chi connectivity index (χ4n) is 3.26. The van der Waals surface area contributed by atoms with Crippen LogP contribution in [0.25, 0.3) is 33.5 Å². The van der Waals surface area contributed by atoms with Crippen LogP contribution in [0.15, 0.2) is 61.1 Å². The summed E-state index contributed by atoms with van der Waals surface area (Å²) >= 11 is 0. The van der Waals surface area contributed by atoms with Crippen LogP contribution in [0.3, 0.4) is 0 Å². The van der Waals surface area contributed by atoms with Gasteiger partial charge in [-0.15, -0.1) is 0 Å². The van der Waals surface area contributed by atoms with Gasteiger partial charge in [0.15, 0.2) is 5.82 Å². The van der Waals surface area contributed by atoms with Crippen molar-refractivity contribution in [2.24, 2.45) is 0 Å². The fraction of sp³-hybridized carbons (Fsp3) is 0.143. The van der Waals surface area contributed by atoms with Gasteiger partial charge >= 0.3 is 0 Å². The summed E-state index contributed by atoms with van der Waals surface area (Å²) in [5.41, 5.74) is 3.19. The summed E-state index contributed by atoms with van der Waals surface area (Å²) in [5, 5.41) is 0.988. The third-order valence-electron chi connectivity index (χ3n) is 4.78. The van der Waals surface area contributed by atoms with Crippen molar-refractivity contribution >= 4 is 16.7 Å². The Morgan fingerprint density at radius 3 is 2.56 bits per heavy atom. The number of hydrogen-bond donors (Lipinski definition) is 0. The first-order chi connectivity index (χ1) is 13.3. The minimum Gasteiger partial charge on any atom is -0.356 e. The third kappa shape index (κ3) is 2.89. The quantitative estimate of drug-likeness (QED) is 0.552. The van der Waals surface area contributed by atoms with Crippen molar-refractivity contribution in [1.82, 2.24) is 19.9 Å². The van der Waals surface area contributed by atoms with Crippen molar-refractivity contribution in [3.05, 3.63) is 66.9 Å². The van der Waals surface area contributed by atoms with E-state index in [0.717, 1.165) is 47.4 Å². The molecule has 132 valence electrons. The van der Waals surface area contributed by atoms with Crippen molar-refractivity contribution in [3.8, 4) is 22.6 Å². The standard InChI is InChI=1S/C21H16FN5/c22-16-4-1-3-14(11-16)15-5-6-17-18(12-15)25-20(19-13-23-7-8-24-19)26-21(17)27-9-2-10-27/h1,3-8,11-13H,2,9-10H2. The number of halogens is 1. The Labute approximate surface area is 155 Å². The van der Waals surface area contributed by atoms with Crippen LogP contribution >= 0.6 is 0 Å². The molecule has 0 radical (unpaired) electrons. The van der Waals surface area contributed by atoms with Crippen molar-refractivity contribution < 1.29 is 4.39 Å². The number of anilines is 1. The van der Waals surface area contributed by atoms with Crippen LogP contribution in [0.4, 0.5) is 10.2 Å². The highest BCUT2D eigenvalue weighted by Crippen LogP contribution is 2.32. The molecule has 0 N–H and O–H groups in total. The summed E-state index contributed by atoms with van der Waals surface area (Å²) in [6.45, 7) is 1.97. The average Bonchev–Trinajstić information content (AvgIpc) is 2.67. The Balaban J connectivity index is 1.71. The van der Waals surface area contributed by atoms with Crippen molar-refractivity contribution in [3.63, 3.8) is 0 Å². The lowest BCUT2D eigenvalue weighted by Gasteiger charge is -2.33. The predicted molar refractivity (Wildman–Crippen MR) is 103 cm³/mol. The molecule has 2 aromatic carbocycles. The van der Waals surface area contributed by atoms with E-state index >= 15 is 0 Å². The van der Waals surface area contributed by atoms with Crippen LogP contribution < -0.4 is 4.90 Å². The molecular formula is C21H16FN5. The second-order valence-electron chi connectivity index (χ2n) is 6.54. The Bertz CT molecular complexity index is 1130. The summed E-state index contributed by atoms with van der Waals surface area (Å²) < 4.78 is 13.6. The minimum atomic E-state index is -0.253. The monoisotopic (exact) mass is 357 g/mol. The van der Waals surface area contributed by atoms with Gasteiger partial charge in [0, 0.05) is 30.9 Å². The molecule has 0 atom stereocenters. The van der Waals surface area contributed by atoms with Gasteiger partial charge in [-0.2, -0.15) is 0 Å². The van der Waals surface area contributed by atoms with Gasteiger partial charge in [-0.05, 0) is 41.8 Å². The van der Waals surface area contributed by atoms with Crippen LogP contribution in [0, 0.1) is 5.82 Å². The fourth-order valence-corrected chi connectivity index (χ4v) is 3.26. The molecule has 0 bridgehead atoms. The zero-order valence-corrected chi connectivity index (χ0v) is 14.5. The number of aromatic nitrogens is 4. The van der Waals surface area contributed by atoms with Gasteiger partial charge in [0.05, 0.1) is 11.7 Å². The lowest BCUT2D eigenvalue weighted by molar-refractivity contribution is 0.612. The Kier molecular flexibility index (Phi) is 3.74. The van der Waals surface area contributed by atoms with E-state index in [0.29, 0.717) is 11.5 Å². The molecule has 6 heteroatoms. The molecule has 0 aliphatic carbocycles. The molecule has 1 saturated heterocycles. The molecule has 27 heavy (non-hydrogen) atoms. The molecular weight excluding hydrogens is 341 g/mol. The van der Waals surface area contributed by atoms with E-state index < -0.39 is 0 Å². The number of hydrogen-bond acceptors (Lipinski definition) is 5. The Morgan fingerprint density at radius 2 is 1.81 bits per heavy atom. The first-order valence-corrected chi connectivity index (χ1v) is 8.87. The zero-order valence-electron chi connectivity index (χ0n) is 14.5. The molecule has 2 aromatic heterocycles. The molecule has 0 amide bonds. The van der Waals surface area contributed by atoms with Crippen LogP contribution in [0.5, 0.6) is 0 Å². The lowest BCUT2D eigenvalue weighted by atomic mass is 10.0. The van der Waals surface area contributed by atoms with Crippen LogP contribution in [0.1, 0.15) is 6.42 Å². The molecule has 5 rings (SSSR count). The molecule has 0 unspecified atom stereocenters. The summed E-state index contributed by atoms with van der Waals surface area (Å²) in [5.74, 6) is 1.21. The van der Waals surface area contributed by atoms with E-state index in [2.05, 4.69) is 14.9 Å². The number of nitrogens with zero attached hydrogens (tertiary/aromatic N) is 5. The largest absolute Gasteiger partial charge is 0.356 e. The van der Waals surface area contributed by atoms with Crippen molar-refractivity contribution in [2.75, 3.05) is 18.0 Å². The molecule has 1 aliphatic rings. The lowest BCUT2D eigenvalue weighted by Crippen LogP contribution is -2.37. The highest BCUT2D eigenvalue weighted by molar-refractivity contribution is 5.94. The number of benzene rings is 2. The summed E-state index contributed by atoms with van der Waals surface area (Å²) in [4.78, 5) is 20.2. The number of rotatable bonds is 3. The maximum Gasteiger partial charge on any atom is 0.182 e. The van der Waals surface area contributed by atoms with Gasteiger partial charge < -0.3 is 4.90 Å². The van der Waals surface area contributed by atoms with E-state index in [1.54, 1.807) is 24.7 Å². The normalized spacial score (nSPS) is 13.6. The summed E-state index contributed by atoms with van der Waals surface area (Å²) in [6, 6.07) is 12.6. The average molecular weight is 357 g/mol. The van der Waals surface area contributed by atoms with E-state index in [4.69, 9.17) is 9.97 Å². The second kappa shape index (κ2) is 6.39. The van der Waals surface area contributed by atoms with Gasteiger partial charge in [-0.25, -0.2) is 19.3 Å². The summed E-state index contributed by atoms with van der Waals surface area (Å²) in [6.07, 6.45) is 6.09. The minimum absolute atomic E-state index is 0.253. The van der Waals surface area contributed by atoms with Gasteiger partial charge in [0.1, 0.15) is 17.3 Å². The molecule has 3 heterocycles. The summed E-state index contributed by atoms with van der Waals surface area (Å²) in [7, 11) is 0. The topological polar surface area (TPSA) is 54.8 Å². The Hall–Kier alpha value is -3.41. The van der Waals surface area contributed by atoms with E-state index in [1.165, 1.54) is 12.1 Å². The zero-order chi connectivity index (χ0) is 18.2. The predicted octanol–water partition coefficient (Wildman–Crippen LogP) is 4.10. The molecule has 1 aliphatic heterocycles. The highest BCUT2D eigenvalue weighted by atomic mass is 19.1. The van der Waals surface area contributed by atoms with Crippen LogP contribution in [-0.4, -0.2) is 33.0 Å². The van der Waals surface area contributed by atoms with E-state index in [9.17, 15) is 4.39 Å². The first kappa shape index (κ1) is 15.8. The molecule has 4 aromatic rings. The molecule has 5 nitrogen and oxygen atoms in total. The van der Waals surface area contributed by atoms with Crippen molar-refractivity contribution in [2.45, 2.75) is 6.42 Å². The van der Waals surface area contributed by atoms with Crippen LogP contribution in [0.2, 0.25) is 0 Å². The smallest absolute Gasteiger partial charge is 0.182 e. The van der Waals surface area contributed by atoms with E-state index in [-0.39, 0.29) is 5.82 Å². The molecule has 0 saturated carbocycles. The third-order valence-corrected chi connectivity index (χ3v) is 4.78. The van der Waals surface area contributed by atoms with E-state index in [1.807, 2.05) is 24.3 Å². The number of fused-ring (bicyclic) bond motifs is 1. The Morgan fingerprint density at radius 1 is 0.926 bits per heavy atom. The SMILES string of the molecule is Fc1cccc(-c2ccc3c(N4CCC4)nc(-c4cnccn4)nc3c2)c1. The van der Waals surface area contributed by atoms with Gasteiger partial charge in [-0.1, -0.05) is 18.2 Å². The van der Waals surface area contributed by atoms with Gasteiger partial charge in [-0.3, -0.25) is 4.98 Å². The maximum absolute atomic E-state index is 13.6. The van der Waals surface area contributed by atoms with Crippen molar-refractivity contribution in [1.29, 1.82) is 0 Å². The molecule has 1 fully saturated rings. The highest BCUT2D eigenvalue weighted by Gasteiger charge is 2.21. The second-order valence-corrected chi connectivity index (χ2v) is 6.54. The van der Waals surface area contributed by atoms with Crippen LogP contribution in [-0.2, 0) is 0 Å².